The standard InChI is InChI=1S/C16H19N3O3/c1-16(15(21)22)7-8-19(10-16)14(20)9-12-11-5-3-4-6-13(11)18(2)17-12/h3-6H,7-10H2,1-2H3,(H,21,22). The normalized spacial score (nSPS) is 21.5. The van der Waals surface area contributed by atoms with Crippen LogP contribution in [-0.2, 0) is 23.1 Å². The first-order valence-electron chi connectivity index (χ1n) is 7.32. The second-order valence-electron chi connectivity index (χ2n) is 6.20. The molecule has 1 amide bonds. The highest BCUT2D eigenvalue weighted by Crippen LogP contribution is 2.30. The number of carboxylic acid groups (broad SMARTS) is 1. The van der Waals surface area contributed by atoms with Crippen LogP contribution < -0.4 is 0 Å². The number of aromatic nitrogens is 2. The van der Waals surface area contributed by atoms with E-state index in [-0.39, 0.29) is 18.9 Å². The van der Waals surface area contributed by atoms with Crippen LogP contribution in [0.15, 0.2) is 24.3 Å². The van der Waals surface area contributed by atoms with Crippen LogP contribution in [-0.4, -0.2) is 44.8 Å². The molecule has 0 bridgehead atoms. The van der Waals surface area contributed by atoms with Crippen LogP contribution in [0.2, 0.25) is 0 Å². The van der Waals surface area contributed by atoms with Gasteiger partial charge >= 0.3 is 5.97 Å². The summed E-state index contributed by atoms with van der Waals surface area (Å²) in [4.78, 5) is 25.4. The predicted octanol–water partition coefficient (Wildman–Crippen LogP) is 1.44. The molecule has 1 atom stereocenters. The predicted molar refractivity (Wildman–Crippen MR) is 81.4 cm³/mol. The van der Waals surface area contributed by atoms with Crippen molar-refractivity contribution in [2.24, 2.45) is 12.5 Å². The van der Waals surface area contributed by atoms with Crippen LogP contribution in [0, 0.1) is 5.41 Å². The quantitative estimate of drug-likeness (QED) is 0.931. The number of benzene rings is 1. The second kappa shape index (κ2) is 5.12. The number of carbonyl (C=O) groups is 2. The van der Waals surface area contributed by atoms with Crippen LogP contribution in [0.5, 0.6) is 0 Å². The number of hydrogen-bond acceptors (Lipinski definition) is 3. The molecule has 22 heavy (non-hydrogen) atoms. The summed E-state index contributed by atoms with van der Waals surface area (Å²) in [6.07, 6.45) is 0.702. The molecule has 1 aromatic carbocycles. The van der Waals surface area contributed by atoms with Gasteiger partial charge < -0.3 is 10.0 Å². The molecule has 1 aromatic heterocycles. The third-order valence-corrected chi connectivity index (χ3v) is 4.50. The summed E-state index contributed by atoms with van der Waals surface area (Å²) < 4.78 is 1.77. The van der Waals surface area contributed by atoms with Crippen LogP contribution in [0.25, 0.3) is 10.9 Å². The largest absolute Gasteiger partial charge is 0.481 e. The molecular formula is C16H19N3O3. The fraction of sp³-hybridized carbons (Fsp3) is 0.438. The Morgan fingerprint density at radius 3 is 2.77 bits per heavy atom. The molecule has 2 aromatic rings. The third kappa shape index (κ3) is 2.34. The van der Waals surface area contributed by atoms with Gasteiger partial charge in [-0.1, -0.05) is 18.2 Å². The number of hydrogen-bond donors (Lipinski definition) is 1. The lowest BCUT2D eigenvalue weighted by Gasteiger charge is -2.19. The van der Waals surface area contributed by atoms with E-state index in [2.05, 4.69) is 5.10 Å². The van der Waals surface area contributed by atoms with Gasteiger partial charge in [0.1, 0.15) is 0 Å². The van der Waals surface area contributed by atoms with E-state index in [9.17, 15) is 14.7 Å². The second-order valence-corrected chi connectivity index (χ2v) is 6.20. The van der Waals surface area contributed by atoms with Crippen molar-refractivity contribution in [3.05, 3.63) is 30.0 Å². The molecule has 1 N–H and O–H groups in total. The first-order chi connectivity index (χ1) is 10.4. The van der Waals surface area contributed by atoms with Gasteiger partial charge in [0.15, 0.2) is 0 Å². The maximum Gasteiger partial charge on any atom is 0.311 e. The summed E-state index contributed by atoms with van der Waals surface area (Å²) in [5.41, 5.74) is 0.899. The molecule has 3 rings (SSSR count). The van der Waals surface area contributed by atoms with Gasteiger partial charge in [-0.2, -0.15) is 5.10 Å². The Kier molecular flexibility index (Phi) is 3.39. The molecule has 1 unspecified atom stereocenters. The highest BCUT2D eigenvalue weighted by Gasteiger charge is 2.42. The van der Waals surface area contributed by atoms with Crippen LogP contribution in [0.1, 0.15) is 19.0 Å². The molecule has 1 aliphatic rings. The molecule has 0 saturated carbocycles. The number of rotatable bonds is 3. The summed E-state index contributed by atoms with van der Waals surface area (Å²) >= 11 is 0. The van der Waals surface area contributed by atoms with Gasteiger partial charge in [-0.3, -0.25) is 14.3 Å². The molecule has 116 valence electrons. The Balaban J connectivity index is 1.79. The van der Waals surface area contributed by atoms with Crippen LogP contribution in [0.4, 0.5) is 0 Å². The molecule has 0 aliphatic carbocycles. The van der Waals surface area contributed by atoms with E-state index in [1.54, 1.807) is 16.5 Å². The minimum Gasteiger partial charge on any atom is -0.481 e. The summed E-state index contributed by atoms with van der Waals surface area (Å²) in [5, 5.41) is 14.6. The SMILES string of the molecule is Cn1nc(CC(=O)N2CCC(C)(C(=O)O)C2)c2ccccc21. The van der Waals surface area contributed by atoms with Crippen molar-refractivity contribution in [3.63, 3.8) is 0 Å². The molecule has 0 radical (unpaired) electrons. The number of carboxylic acids is 1. The van der Waals surface area contributed by atoms with E-state index < -0.39 is 11.4 Å². The number of fused-ring (bicyclic) bond motifs is 1. The molecule has 1 fully saturated rings. The number of nitrogens with zero attached hydrogens (tertiary/aromatic N) is 3. The van der Waals surface area contributed by atoms with Crippen molar-refractivity contribution in [2.45, 2.75) is 19.8 Å². The maximum atomic E-state index is 12.5. The highest BCUT2D eigenvalue weighted by molar-refractivity contribution is 5.88. The first kappa shape index (κ1) is 14.6. The van der Waals surface area contributed by atoms with Crippen molar-refractivity contribution >= 4 is 22.8 Å². The zero-order valence-corrected chi connectivity index (χ0v) is 12.7. The van der Waals surface area contributed by atoms with Crippen molar-refractivity contribution in [1.29, 1.82) is 0 Å². The van der Waals surface area contributed by atoms with E-state index >= 15 is 0 Å². The molecule has 0 spiro atoms. The van der Waals surface area contributed by atoms with Gasteiger partial charge in [0.05, 0.1) is 23.0 Å². The first-order valence-corrected chi connectivity index (χ1v) is 7.32. The van der Waals surface area contributed by atoms with E-state index in [0.717, 1.165) is 16.6 Å². The maximum absolute atomic E-state index is 12.5. The zero-order chi connectivity index (χ0) is 15.9. The fourth-order valence-electron chi connectivity index (χ4n) is 3.02. The number of carbonyl (C=O) groups excluding carboxylic acids is 1. The highest BCUT2D eigenvalue weighted by atomic mass is 16.4. The van der Waals surface area contributed by atoms with Gasteiger partial charge in [-0.25, -0.2) is 0 Å². The molecule has 2 heterocycles. The molecule has 1 saturated heterocycles. The van der Waals surface area contributed by atoms with Gasteiger partial charge in [0, 0.05) is 25.5 Å². The minimum atomic E-state index is -0.842. The number of aryl methyl sites for hydroxylation is 1. The van der Waals surface area contributed by atoms with Crippen molar-refractivity contribution in [3.8, 4) is 0 Å². The number of amides is 1. The zero-order valence-electron chi connectivity index (χ0n) is 12.7. The Labute approximate surface area is 128 Å². The van der Waals surface area contributed by atoms with E-state index in [0.29, 0.717) is 13.0 Å². The van der Waals surface area contributed by atoms with Gasteiger partial charge in [-0.05, 0) is 19.4 Å². The van der Waals surface area contributed by atoms with Crippen molar-refractivity contribution in [1.82, 2.24) is 14.7 Å². The summed E-state index contributed by atoms with van der Waals surface area (Å²) in [6, 6.07) is 7.79. The van der Waals surface area contributed by atoms with E-state index in [1.165, 1.54) is 0 Å². The third-order valence-electron chi connectivity index (χ3n) is 4.50. The molecule has 6 heteroatoms. The molecule has 6 nitrogen and oxygen atoms in total. The number of aliphatic carboxylic acids is 1. The van der Waals surface area contributed by atoms with Gasteiger partial charge in [0.2, 0.25) is 5.91 Å². The topological polar surface area (TPSA) is 75.4 Å². The average Bonchev–Trinajstić information content (AvgIpc) is 3.03. The van der Waals surface area contributed by atoms with Crippen LogP contribution >= 0.6 is 0 Å². The summed E-state index contributed by atoms with van der Waals surface area (Å²) in [7, 11) is 1.85. The summed E-state index contributed by atoms with van der Waals surface area (Å²) in [6.45, 7) is 2.46. The Morgan fingerprint density at radius 1 is 1.36 bits per heavy atom. The fourth-order valence-corrected chi connectivity index (χ4v) is 3.02. The van der Waals surface area contributed by atoms with E-state index in [4.69, 9.17) is 0 Å². The number of para-hydroxylation sites is 1. The lowest BCUT2D eigenvalue weighted by Crippen LogP contribution is -2.35. The van der Waals surface area contributed by atoms with Crippen molar-refractivity contribution < 1.29 is 14.7 Å². The minimum absolute atomic E-state index is 0.0613. The van der Waals surface area contributed by atoms with Crippen LogP contribution in [0.3, 0.4) is 0 Å². The van der Waals surface area contributed by atoms with E-state index in [1.807, 2.05) is 31.3 Å². The monoisotopic (exact) mass is 301 g/mol. The lowest BCUT2D eigenvalue weighted by atomic mass is 9.90. The average molecular weight is 301 g/mol. The van der Waals surface area contributed by atoms with Gasteiger partial charge in [-0.15, -0.1) is 0 Å². The Bertz CT molecular complexity index is 752. The number of likely N-dealkylation sites (tertiary alicyclic amines) is 1. The Morgan fingerprint density at radius 2 is 2.09 bits per heavy atom. The molecule has 1 aliphatic heterocycles. The Hall–Kier alpha value is -2.37. The smallest absolute Gasteiger partial charge is 0.311 e. The van der Waals surface area contributed by atoms with Gasteiger partial charge in [0.25, 0.3) is 0 Å². The molecular weight excluding hydrogens is 282 g/mol. The van der Waals surface area contributed by atoms with Crippen molar-refractivity contribution in [2.75, 3.05) is 13.1 Å². The lowest BCUT2D eigenvalue weighted by molar-refractivity contribution is -0.147. The summed E-state index contributed by atoms with van der Waals surface area (Å²) in [5.74, 6) is -0.903.